The van der Waals surface area contributed by atoms with Crippen molar-refractivity contribution >= 4 is 5.78 Å². The van der Waals surface area contributed by atoms with E-state index in [1.165, 1.54) is 0 Å². The SMILES string of the molecule is N#CN(N)CC(=O)c1ccccc1. The Hall–Kier alpha value is -1.86. The molecule has 0 heterocycles. The largest absolute Gasteiger partial charge is 0.292 e. The second-order valence-electron chi connectivity index (χ2n) is 2.52. The van der Waals surface area contributed by atoms with Gasteiger partial charge in [-0.3, -0.25) is 4.79 Å². The van der Waals surface area contributed by atoms with Crippen LogP contribution < -0.4 is 5.84 Å². The third kappa shape index (κ3) is 2.58. The molecular formula is C9H9N3O. The smallest absolute Gasteiger partial charge is 0.195 e. The zero-order valence-electron chi connectivity index (χ0n) is 6.97. The molecule has 4 heteroatoms. The monoisotopic (exact) mass is 175 g/mol. The van der Waals surface area contributed by atoms with Gasteiger partial charge in [0.2, 0.25) is 0 Å². The maximum atomic E-state index is 11.3. The minimum absolute atomic E-state index is 0.0828. The van der Waals surface area contributed by atoms with E-state index in [0.29, 0.717) is 5.56 Å². The second kappa shape index (κ2) is 4.24. The van der Waals surface area contributed by atoms with Crippen LogP contribution in [0.4, 0.5) is 0 Å². The maximum Gasteiger partial charge on any atom is 0.195 e. The topological polar surface area (TPSA) is 70.1 Å². The van der Waals surface area contributed by atoms with Crippen LogP contribution in [0, 0.1) is 11.5 Å². The quantitative estimate of drug-likeness (QED) is 0.239. The van der Waals surface area contributed by atoms with Gasteiger partial charge in [-0.25, -0.2) is 10.9 Å². The Bertz CT molecular complexity index is 328. The first-order valence-corrected chi connectivity index (χ1v) is 3.74. The van der Waals surface area contributed by atoms with Crippen LogP contribution in [0.2, 0.25) is 0 Å². The van der Waals surface area contributed by atoms with Gasteiger partial charge in [-0.05, 0) is 0 Å². The van der Waals surface area contributed by atoms with Crippen molar-refractivity contribution in [1.82, 2.24) is 5.01 Å². The molecule has 0 atom stereocenters. The maximum absolute atomic E-state index is 11.3. The third-order valence-corrected chi connectivity index (χ3v) is 1.54. The molecule has 0 aliphatic rings. The highest BCUT2D eigenvalue weighted by Gasteiger charge is 2.07. The summed E-state index contributed by atoms with van der Waals surface area (Å²) in [4.78, 5) is 11.3. The predicted molar refractivity (Wildman–Crippen MR) is 47.3 cm³/mol. The van der Waals surface area contributed by atoms with E-state index in [0.717, 1.165) is 5.01 Å². The molecule has 0 aliphatic heterocycles. The number of nitriles is 1. The lowest BCUT2D eigenvalue weighted by atomic mass is 10.1. The third-order valence-electron chi connectivity index (χ3n) is 1.54. The summed E-state index contributed by atoms with van der Waals surface area (Å²) in [5, 5.41) is 9.13. The molecule has 1 rings (SSSR count). The molecule has 1 aromatic rings. The lowest BCUT2D eigenvalue weighted by Crippen LogP contribution is -2.31. The number of carbonyl (C=O) groups excluding carboxylic acids is 1. The van der Waals surface area contributed by atoms with E-state index in [9.17, 15) is 4.79 Å². The minimum atomic E-state index is -0.162. The zero-order valence-corrected chi connectivity index (χ0v) is 6.97. The molecule has 0 fully saturated rings. The number of ketones is 1. The summed E-state index contributed by atoms with van der Waals surface area (Å²) in [7, 11) is 0. The molecule has 0 aromatic heterocycles. The Morgan fingerprint density at radius 1 is 1.46 bits per heavy atom. The lowest BCUT2D eigenvalue weighted by Gasteiger charge is -2.06. The van der Waals surface area contributed by atoms with E-state index in [4.69, 9.17) is 11.1 Å². The normalized spacial score (nSPS) is 8.92. The molecule has 0 amide bonds. The van der Waals surface area contributed by atoms with Crippen molar-refractivity contribution in [3.63, 3.8) is 0 Å². The number of nitrogens with zero attached hydrogens (tertiary/aromatic N) is 2. The van der Waals surface area contributed by atoms with Crippen LogP contribution in [0.5, 0.6) is 0 Å². The van der Waals surface area contributed by atoms with Gasteiger partial charge in [0, 0.05) is 5.56 Å². The molecule has 13 heavy (non-hydrogen) atoms. The average Bonchev–Trinajstić information content (AvgIpc) is 2.19. The average molecular weight is 175 g/mol. The second-order valence-corrected chi connectivity index (χ2v) is 2.52. The van der Waals surface area contributed by atoms with Crippen LogP contribution in [0.1, 0.15) is 10.4 Å². The standard InChI is InChI=1S/C9H9N3O/c10-7-12(11)6-9(13)8-4-2-1-3-5-8/h1-5H,6,11H2. The Labute approximate surface area is 76.2 Å². The zero-order chi connectivity index (χ0) is 9.68. The Balaban J connectivity index is 2.66. The van der Waals surface area contributed by atoms with Crippen LogP contribution in [0.25, 0.3) is 0 Å². The van der Waals surface area contributed by atoms with Gasteiger partial charge in [-0.1, -0.05) is 30.3 Å². The first-order valence-electron chi connectivity index (χ1n) is 3.74. The first-order chi connectivity index (χ1) is 6.24. The van der Waals surface area contributed by atoms with Gasteiger partial charge in [0.15, 0.2) is 12.0 Å². The van der Waals surface area contributed by atoms with E-state index in [1.54, 1.807) is 30.5 Å². The number of benzene rings is 1. The number of carbonyl (C=O) groups is 1. The Morgan fingerprint density at radius 2 is 2.08 bits per heavy atom. The lowest BCUT2D eigenvalue weighted by molar-refractivity contribution is 0.0959. The fraction of sp³-hybridized carbons (Fsp3) is 0.111. The molecule has 4 nitrogen and oxygen atoms in total. The molecule has 1 aromatic carbocycles. The van der Waals surface area contributed by atoms with Crippen molar-refractivity contribution < 1.29 is 4.79 Å². The molecule has 0 aliphatic carbocycles. The molecule has 2 N–H and O–H groups in total. The number of nitrogens with two attached hydrogens (primary N) is 1. The first kappa shape index (κ1) is 9.23. The molecule has 0 bridgehead atoms. The van der Waals surface area contributed by atoms with Crippen molar-refractivity contribution in [2.45, 2.75) is 0 Å². The van der Waals surface area contributed by atoms with Crippen LogP contribution in [-0.2, 0) is 0 Å². The minimum Gasteiger partial charge on any atom is -0.292 e. The summed E-state index contributed by atoms with van der Waals surface area (Å²) in [6, 6.07) is 8.73. The van der Waals surface area contributed by atoms with Crippen LogP contribution >= 0.6 is 0 Å². The molecule has 66 valence electrons. The number of Topliss-reactive ketones (excluding diaryl/α,β-unsaturated/α-hetero) is 1. The fourth-order valence-electron chi connectivity index (χ4n) is 0.905. The van der Waals surface area contributed by atoms with Gasteiger partial charge in [-0.15, -0.1) is 0 Å². The summed E-state index contributed by atoms with van der Waals surface area (Å²) >= 11 is 0. The highest BCUT2D eigenvalue weighted by molar-refractivity contribution is 5.97. The molecule has 0 unspecified atom stereocenters. The van der Waals surface area contributed by atoms with Gasteiger partial charge in [0.25, 0.3) is 0 Å². The number of rotatable bonds is 3. The molecular weight excluding hydrogens is 166 g/mol. The predicted octanol–water partition coefficient (Wildman–Crippen LogP) is 0.526. The molecule has 0 spiro atoms. The summed E-state index contributed by atoms with van der Waals surface area (Å²) in [5.41, 5.74) is 0.563. The molecule has 0 saturated heterocycles. The van der Waals surface area contributed by atoms with Gasteiger partial charge in [0.05, 0.1) is 0 Å². The van der Waals surface area contributed by atoms with Crippen molar-refractivity contribution in [1.29, 1.82) is 5.26 Å². The van der Waals surface area contributed by atoms with Crippen molar-refractivity contribution in [2.75, 3.05) is 6.54 Å². The fourth-order valence-corrected chi connectivity index (χ4v) is 0.905. The van der Waals surface area contributed by atoms with Crippen LogP contribution in [0.15, 0.2) is 30.3 Å². The summed E-state index contributed by atoms with van der Waals surface area (Å²) in [6.07, 6.45) is 1.66. The Kier molecular flexibility index (Phi) is 3.01. The summed E-state index contributed by atoms with van der Waals surface area (Å²) in [6.45, 7) is -0.0828. The highest BCUT2D eigenvalue weighted by atomic mass is 16.1. The number of hydrogen-bond acceptors (Lipinski definition) is 4. The molecule has 0 saturated carbocycles. The summed E-state index contributed by atoms with van der Waals surface area (Å²) in [5.74, 6) is 5.00. The van der Waals surface area contributed by atoms with Crippen molar-refractivity contribution in [3.05, 3.63) is 35.9 Å². The van der Waals surface area contributed by atoms with Crippen molar-refractivity contribution in [2.24, 2.45) is 5.84 Å². The number of hydrogen-bond donors (Lipinski definition) is 1. The number of hydrazine groups is 1. The highest BCUT2D eigenvalue weighted by Crippen LogP contribution is 1.99. The van der Waals surface area contributed by atoms with E-state index in [2.05, 4.69) is 0 Å². The van der Waals surface area contributed by atoms with Gasteiger partial charge in [-0.2, -0.15) is 5.26 Å². The summed E-state index contributed by atoms with van der Waals surface area (Å²) < 4.78 is 0. The van der Waals surface area contributed by atoms with Crippen LogP contribution in [0.3, 0.4) is 0 Å². The van der Waals surface area contributed by atoms with Gasteiger partial charge < -0.3 is 0 Å². The van der Waals surface area contributed by atoms with E-state index < -0.39 is 0 Å². The van der Waals surface area contributed by atoms with Crippen LogP contribution in [-0.4, -0.2) is 17.3 Å². The van der Waals surface area contributed by atoms with Crippen molar-refractivity contribution in [3.8, 4) is 6.19 Å². The van der Waals surface area contributed by atoms with E-state index in [1.807, 2.05) is 6.07 Å². The van der Waals surface area contributed by atoms with E-state index in [-0.39, 0.29) is 12.3 Å². The van der Waals surface area contributed by atoms with Gasteiger partial charge in [0.1, 0.15) is 6.54 Å². The van der Waals surface area contributed by atoms with Gasteiger partial charge >= 0.3 is 0 Å². The molecule has 0 radical (unpaired) electrons. The Morgan fingerprint density at radius 3 is 2.62 bits per heavy atom. The van der Waals surface area contributed by atoms with E-state index >= 15 is 0 Å².